The van der Waals surface area contributed by atoms with Gasteiger partial charge in [0.2, 0.25) is 0 Å². The zero-order chi connectivity index (χ0) is 21.1. The molecule has 0 radical (unpaired) electrons. The molecule has 0 amide bonds. The number of carbonyl (C=O) groups excluding carboxylic acids is 1. The molecule has 29 heavy (non-hydrogen) atoms. The molecule has 156 valence electrons. The molecule has 3 atom stereocenters. The Balaban J connectivity index is 1.82. The first kappa shape index (κ1) is 20.9. The lowest BCUT2D eigenvalue weighted by Gasteiger charge is -2.29. The Labute approximate surface area is 168 Å². The summed E-state index contributed by atoms with van der Waals surface area (Å²) in [5.74, 6) is -4.80. The van der Waals surface area contributed by atoms with Crippen LogP contribution in [0.5, 0.6) is 5.75 Å². The third-order valence-corrected chi connectivity index (χ3v) is 5.53. The molecule has 0 spiro atoms. The van der Waals surface area contributed by atoms with Gasteiger partial charge < -0.3 is 24.8 Å². The number of nitrogens with zero attached hydrogens (tertiary/aromatic N) is 1. The molecule has 1 saturated carbocycles. The Morgan fingerprint density at radius 3 is 2.28 bits per heavy atom. The minimum absolute atomic E-state index is 0.0382. The van der Waals surface area contributed by atoms with Gasteiger partial charge in [-0.05, 0) is 57.5 Å². The zero-order valence-corrected chi connectivity index (χ0v) is 16.6. The van der Waals surface area contributed by atoms with Crippen LogP contribution in [0, 0.1) is 17.8 Å². The predicted octanol–water partition coefficient (Wildman–Crippen LogP) is 2.38. The second kappa shape index (κ2) is 8.65. The Kier molecular flexibility index (Phi) is 6.22. The third-order valence-electron chi connectivity index (χ3n) is 5.53. The van der Waals surface area contributed by atoms with Crippen molar-refractivity contribution in [1.29, 1.82) is 0 Å². The molecule has 2 aromatic rings. The number of H-pyrrole nitrogens is 1. The molecule has 8 nitrogen and oxygen atoms in total. The van der Waals surface area contributed by atoms with Crippen LogP contribution in [0.15, 0.2) is 24.4 Å². The first-order chi connectivity index (χ1) is 13.8. The van der Waals surface area contributed by atoms with Crippen molar-refractivity contribution < 1.29 is 29.3 Å². The van der Waals surface area contributed by atoms with Crippen LogP contribution < -0.4 is 4.74 Å². The third kappa shape index (κ3) is 4.76. The standard InChI is InChI=1S/C21H26N2O6/c1-23(2)7-6-12-11-22-16-4-3-5-17(18(12)16)29-21(28)15-9-13(19(24)25)8-14(10-15)20(26)27/h3-5,11,13-15,22H,6-10H2,1-2H3,(H,24,25)(H,26,27)/t13-,14+,15?. The number of esters is 1. The first-order valence-electron chi connectivity index (χ1n) is 9.67. The van der Waals surface area contributed by atoms with E-state index in [1.54, 1.807) is 12.1 Å². The second-order valence-corrected chi connectivity index (χ2v) is 7.94. The number of carboxylic acid groups (broad SMARTS) is 2. The molecular weight excluding hydrogens is 376 g/mol. The van der Waals surface area contributed by atoms with E-state index < -0.39 is 35.7 Å². The fraction of sp³-hybridized carbons (Fsp3) is 0.476. The van der Waals surface area contributed by atoms with E-state index in [9.17, 15) is 24.6 Å². The van der Waals surface area contributed by atoms with E-state index in [1.165, 1.54) is 0 Å². The highest BCUT2D eigenvalue weighted by Crippen LogP contribution is 2.36. The van der Waals surface area contributed by atoms with Crippen LogP contribution >= 0.6 is 0 Å². The molecule has 1 aliphatic carbocycles. The van der Waals surface area contributed by atoms with Gasteiger partial charge in [-0.1, -0.05) is 6.07 Å². The fourth-order valence-corrected chi connectivity index (χ4v) is 3.95. The van der Waals surface area contributed by atoms with Crippen molar-refractivity contribution in [1.82, 2.24) is 9.88 Å². The van der Waals surface area contributed by atoms with Crippen molar-refractivity contribution in [2.75, 3.05) is 20.6 Å². The number of nitrogens with one attached hydrogen (secondary N) is 1. The number of fused-ring (bicyclic) bond motifs is 1. The van der Waals surface area contributed by atoms with E-state index >= 15 is 0 Å². The van der Waals surface area contributed by atoms with Gasteiger partial charge >= 0.3 is 17.9 Å². The summed E-state index contributed by atoms with van der Waals surface area (Å²) in [5.41, 5.74) is 1.87. The molecule has 1 aromatic heterocycles. The van der Waals surface area contributed by atoms with Gasteiger partial charge in [0.15, 0.2) is 0 Å². The average molecular weight is 402 g/mol. The summed E-state index contributed by atoms with van der Waals surface area (Å²) in [7, 11) is 3.97. The molecule has 0 aliphatic heterocycles. The maximum atomic E-state index is 12.8. The summed E-state index contributed by atoms with van der Waals surface area (Å²) in [4.78, 5) is 40.9. The Morgan fingerprint density at radius 2 is 1.69 bits per heavy atom. The van der Waals surface area contributed by atoms with Crippen LogP contribution in [0.25, 0.3) is 10.9 Å². The molecule has 1 aliphatic rings. The molecule has 1 aromatic carbocycles. The number of rotatable bonds is 7. The summed E-state index contributed by atoms with van der Waals surface area (Å²) < 4.78 is 5.67. The molecule has 1 unspecified atom stereocenters. The number of aromatic amines is 1. The quantitative estimate of drug-likeness (QED) is 0.480. The Hall–Kier alpha value is -2.87. The maximum absolute atomic E-state index is 12.8. The number of ether oxygens (including phenoxy) is 1. The van der Waals surface area contributed by atoms with Gasteiger partial charge in [-0.3, -0.25) is 14.4 Å². The highest BCUT2D eigenvalue weighted by molar-refractivity contribution is 5.92. The highest BCUT2D eigenvalue weighted by Gasteiger charge is 2.40. The first-order valence-corrected chi connectivity index (χ1v) is 9.67. The lowest BCUT2D eigenvalue weighted by Crippen LogP contribution is -2.36. The van der Waals surface area contributed by atoms with Crippen molar-refractivity contribution in [2.45, 2.75) is 25.7 Å². The molecule has 0 bridgehead atoms. The van der Waals surface area contributed by atoms with Crippen LogP contribution in [-0.2, 0) is 20.8 Å². The Morgan fingerprint density at radius 1 is 1.07 bits per heavy atom. The number of aliphatic carboxylic acids is 2. The number of hydrogen-bond acceptors (Lipinski definition) is 5. The van der Waals surface area contributed by atoms with Gasteiger partial charge in [0, 0.05) is 23.6 Å². The van der Waals surface area contributed by atoms with E-state index in [0.29, 0.717) is 5.75 Å². The van der Waals surface area contributed by atoms with Gasteiger partial charge in [-0.15, -0.1) is 0 Å². The van der Waals surface area contributed by atoms with Gasteiger partial charge in [0.25, 0.3) is 0 Å². The Bertz CT molecular complexity index is 897. The second-order valence-electron chi connectivity index (χ2n) is 7.94. The van der Waals surface area contributed by atoms with E-state index in [4.69, 9.17) is 4.74 Å². The van der Waals surface area contributed by atoms with Gasteiger partial charge in [-0.2, -0.15) is 0 Å². The zero-order valence-electron chi connectivity index (χ0n) is 16.6. The molecular formula is C21H26N2O6. The van der Waals surface area contributed by atoms with E-state index in [0.717, 1.165) is 29.4 Å². The van der Waals surface area contributed by atoms with E-state index in [2.05, 4.69) is 9.88 Å². The molecule has 3 rings (SSSR count). The van der Waals surface area contributed by atoms with Gasteiger partial charge in [-0.25, -0.2) is 0 Å². The summed E-state index contributed by atoms with van der Waals surface area (Å²) in [6.07, 6.45) is 2.89. The summed E-state index contributed by atoms with van der Waals surface area (Å²) in [5, 5.41) is 19.5. The molecule has 1 fully saturated rings. The molecule has 1 heterocycles. The van der Waals surface area contributed by atoms with Crippen LogP contribution in [0.3, 0.4) is 0 Å². The summed E-state index contributed by atoms with van der Waals surface area (Å²) >= 11 is 0. The van der Waals surface area contributed by atoms with Gasteiger partial charge in [0.1, 0.15) is 5.75 Å². The SMILES string of the molecule is CN(C)CCc1c[nH]c2cccc(OC(=O)C3C[C@@H](C(=O)O)C[C@@H](C(=O)O)C3)c12. The van der Waals surface area contributed by atoms with Gasteiger partial charge in [0.05, 0.1) is 17.8 Å². The lowest BCUT2D eigenvalue weighted by atomic mass is 9.75. The highest BCUT2D eigenvalue weighted by atomic mass is 16.5. The average Bonchev–Trinajstić information content (AvgIpc) is 3.10. The van der Waals surface area contributed by atoms with Crippen molar-refractivity contribution >= 4 is 28.8 Å². The smallest absolute Gasteiger partial charge is 0.314 e. The van der Waals surface area contributed by atoms with Crippen molar-refractivity contribution in [3.05, 3.63) is 30.0 Å². The normalized spacial score (nSPS) is 22.0. The van der Waals surface area contributed by atoms with E-state index in [-0.39, 0.29) is 19.3 Å². The van der Waals surface area contributed by atoms with Crippen LogP contribution in [0.4, 0.5) is 0 Å². The predicted molar refractivity (Wildman–Crippen MR) is 106 cm³/mol. The number of carbonyl (C=O) groups is 3. The summed E-state index contributed by atoms with van der Waals surface area (Å²) in [6.45, 7) is 0.832. The fourth-order valence-electron chi connectivity index (χ4n) is 3.95. The lowest BCUT2D eigenvalue weighted by molar-refractivity contribution is -0.152. The minimum atomic E-state index is -1.08. The molecule has 0 saturated heterocycles. The van der Waals surface area contributed by atoms with Crippen LogP contribution in [-0.4, -0.2) is 58.6 Å². The molecule has 3 N–H and O–H groups in total. The maximum Gasteiger partial charge on any atom is 0.314 e. The van der Waals surface area contributed by atoms with Crippen LogP contribution in [0.2, 0.25) is 0 Å². The van der Waals surface area contributed by atoms with Crippen molar-refractivity contribution in [3.8, 4) is 5.75 Å². The minimum Gasteiger partial charge on any atom is -0.481 e. The van der Waals surface area contributed by atoms with E-state index in [1.807, 2.05) is 26.4 Å². The number of hydrogen-bond donors (Lipinski definition) is 3. The van der Waals surface area contributed by atoms with Crippen LogP contribution in [0.1, 0.15) is 24.8 Å². The monoisotopic (exact) mass is 402 g/mol. The number of carboxylic acids is 2. The number of benzene rings is 1. The summed E-state index contributed by atoms with van der Waals surface area (Å²) in [6, 6.07) is 5.38. The topological polar surface area (TPSA) is 120 Å². The number of aromatic nitrogens is 1. The number of likely N-dealkylation sites (N-methyl/N-ethyl adjacent to an activating group) is 1. The largest absolute Gasteiger partial charge is 0.481 e. The molecule has 8 heteroatoms. The van der Waals surface area contributed by atoms with Crippen molar-refractivity contribution in [3.63, 3.8) is 0 Å². The van der Waals surface area contributed by atoms with Crippen molar-refractivity contribution in [2.24, 2.45) is 17.8 Å².